The SMILES string of the molecule is CCN=CC(=CN)C(O)c1cc(Cl)nn1-c1ccc(F)cc1C[OH2+]. The first kappa shape index (κ1) is 18.1. The van der Waals surface area contributed by atoms with Crippen molar-refractivity contribution in [2.45, 2.75) is 19.6 Å². The molecule has 1 aromatic heterocycles. The van der Waals surface area contributed by atoms with Crippen LogP contribution in [0.4, 0.5) is 4.39 Å². The second-order valence-corrected chi connectivity index (χ2v) is 5.34. The van der Waals surface area contributed by atoms with E-state index in [9.17, 15) is 9.50 Å². The minimum Gasteiger partial charge on any atom is -0.442 e. The number of rotatable bonds is 6. The predicted molar refractivity (Wildman–Crippen MR) is 92.1 cm³/mol. The fourth-order valence-electron chi connectivity index (χ4n) is 2.23. The van der Waals surface area contributed by atoms with Crippen molar-refractivity contribution >= 4 is 17.8 Å². The molecule has 0 saturated carbocycles. The molecule has 1 atom stereocenters. The van der Waals surface area contributed by atoms with Crippen LogP contribution in [0.15, 0.2) is 41.0 Å². The normalized spacial score (nSPS) is 13.6. The standard InChI is InChI=1S/C16H18ClFN4O2/c1-2-20-8-11(7-19)16(24)14-6-15(17)21-22(14)13-4-3-12(18)5-10(13)9-23/h3-8,16,23-24H,2,9,19H2,1H3/p+1. The van der Waals surface area contributed by atoms with Crippen molar-refractivity contribution in [3.63, 3.8) is 0 Å². The summed E-state index contributed by atoms with van der Waals surface area (Å²) in [5.74, 6) is -0.445. The molecule has 1 aromatic carbocycles. The molecule has 0 amide bonds. The van der Waals surface area contributed by atoms with Gasteiger partial charge in [0.2, 0.25) is 0 Å². The molecule has 24 heavy (non-hydrogen) atoms. The number of aliphatic hydroxyl groups is 1. The summed E-state index contributed by atoms with van der Waals surface area (Å²) >= 11 is 5.99. The third-order valence-electron chi connectivity index (χ3n) is 3.38. The van der Waals surface area contributed by atoms with Gasteiger partial charge in [0.1, 0.15) is 11.9 Å². The fourth-order valence-corrected chi connectivity index (χ4v) is 2.41. The molecule has 8 heteroatoms. The van der Waals surface area contributed by atoms with Crippen LogP contribution in [0, 0.1) is 5.82 Å². The molecule has 0 fully saturated rings. The molecular formula is C16H19ClFN4O2+. The van der Waals surface area contributed by atoms with Gasteiger partial charge in [0.25, 0.3) is 0 Å². The van der Waals surface area contributed by atoms with Crippen molar-refractivity contribution in [1.82, 2.24) is 9.78 Å². The molecule has 1 unspecified atom stereocenters. The van der Waals surface area contributed by atoms with E-state index in [4.69, 9.17) is 22.4 Å². The van der Waals surface area contributed by atoms with Crippen molar-refractivity contribution in [3.8, 4) is 5.69 Å². The van der Waals surface area contributed by atoms with E-state index in [1.165, 1.54) is 41.4 Å². The van der Waals surface area contributed by atoms with E-state index in [-0.39, 0.29) is 11.8 Å². The molecule has 0 spiro atoms. The molecule has 0 aliphatic rings. The van der Waals surface area contributed by atoms with Gasteiger partial charge in [-0.15, -0.1) is 0 Å². The Hall–Kier alpha value is -2.22. The molecule has 6 nitrogen and oxygen atoms in total. The summed E-state index contributed by atoms with van der Waals surface area (Å²) < 4.78 is 14.8. The van der Waals surface area contributed by atoms with Crippen molar-refractivity contribution in [2.24, 2.45) is 10.7 Å². The summed E-state index contributed by atoms with van der Waals surface area (Å²) in [6, 6.07) is 5.50. The van der Waals surface area contributed by atoms with Gasteiger partial charge in [-0.25, -0.2) is 9.07 Å². The Labute approximate surface area is 143 Å². The Morgan fingerprint density at radius 2 is 2.29 bits per heavy atom. The van der Waals surface area contributed by atoms with Crippen LogP contribution in [0.1, 0.15) is 24.3 Å². The second-order valence-electron chi connectivity index (χ2n) is 4.95. The van der Waals surface area contributed by atoms with Crippen LogP contribution >= 0.6 is 11.6 Å². The Morgan fingerprint density at radius 1 is 1.54 bits per heavy atom. The number of halogens is 2. The highest BCUT2D eigenvalue weighted by molar-refractivity contribution is 6.29. The van der Waals surface area contributed by atoms with Gasteiger partial charge >= 0.3 is 0 Å². The van der Waals surface area contributed by atoms with Crippen molar-refractivity contribution in [2.75, 3.05) is 6.54 Å². The first-order valence-corrected chi connectivity index (χ1v) is 7.68. The van der Waals surface area contributed by atoms with E-state index >= 15 is 0 Å². The number of aromatic nitrogens is 2. The fraction of sp³-hybridized carbons (Fsp3) is 0.250. The quantitative estimate of drug-likeness (QED) is 0.612. The van der Waals surface area contributed by atoms with Crippen molar-refractivity contribution in [1.29, 1.82) is 0 Å². The number of hydrogen-bond donors (Lipinski definition) is 2. The van der Waals surface area contributed by atoms with E-state index in [0.717, 1.165) is 0 Å². The summed E-state index contributed by atoms with van der Waals surface area (Å²) in [7, 11) is 0. The lowest BCUT2D eigenvalue weighted by molar-refractivity contribution is 0.213. The van der Waals surface area contributed by atoms with Crippen LogP contribution in [-0.2, 0) is 6.61 Å². The average molecular weight is 354 g/mol. The van der Waals surface area contributed by atoms with E-state index in [0.29, 0.717) is 29.1 Å². The zero-order chi connectivity index (χ0) is 17.7. The average Bonchev–Trinajstić information content (AvgIpc) is 2.96. The molecule has 2 rings (SSSR count). The molecule has 1 heterocycles. The van der Waals surface area contributed by atoms with E-state index in [2.05, 4.69) is 10.1 Å². The summed E-state index contributed by atoms with van der Waals surface area (Å²) in [6.07, 6.45) is 1.62. The van der Waals surface area contributed by atoms with Crippen molar-refractivity contribution in [3.05, 3.63) is 58.3 Å². The van der Waals surface area contributed by atoms with Gasteiger partial charge in [0, 0.05) is 30.6 Å². The molecule has 0 bridgehead atoms. The number of aliphatic imine (C=N–C) groups is 1. The Kier molecular flexibility index (Phi) is 6.08. The lowest BCUT2D eigenvalue weighted by atomic mass is 10.1. The molecule has 2 aromatic rings. The molecular weight excluding hydrogens is 335 g/mol. The third kappa shape index (κ3) is 3.81. The number of aliphatic hydroxyl groups excluding tert-OH is 1. The Bertz CT molecular complexity index is 773. The van der Waals surface area contributed by atoms with Crippen LogP contribution in [0.25, 0.3) is 5.69 Å². The highest BCUT2D eigenvalue weighted by atomic mass is 35.5. The lowest BCUT2D eigenvalue weighted by Gasteiger charge is -2.15. The van der Waals surface area contributed by atoms with Crippen LogP contribution in [0.2, 0.25) is 5.15 Å². The smallest absolute Gasteiger partial charge is 0.172 e. The number of nitrogens with two attached hydrogens (primary N) is 1. The summed E-state index contributed by atoms with van der Waals surface area (Å²) in [4.78, 5) is 4.07. The van der Waals surface area contributed by atoms with Gasteiger partial charge in [-0.1, -0.05) is 11.6 Å². The third-order valence-corrected chi connectivity index (χ3v) is 3.56. The van der Waals surface area contributed by atoms with Gasteiger partial charge in [-0.2, -0.15) is 5.10 Å². The maximum atomic E-state index is 13.4. The van der Waals surface area contributed by atoms with E-state index in [1.54, 1.807) is 0 Å². The predicted octanol–water partition coefficient (Wildman–Crippen LogP) is 1.86. The topological polar surface area (TPSA) is 99.3 Å². The maximum Gasteiger partial charge on any atom is 0.172 e. The van der Waals surface area contributed by atoms with Gasteiger partial charge in [0.05, 0.1) is 16.9 Å². The van der Waals surface area contributed by atoms with E-state index in [1.807, 2.05) is 6.92 Å². The lowest BCUT2D eigenvalue weighted by Crippen LogP contribution is -2.13. The van der Waals surface area contributed by atoms with Crippen LogP contribution < -0.4 is 5.73 Å². The highest BCUT2D eigenvalue weighted by Gasteiger charge is 2.21. The zero-order valence-corrected chi connectivity index (χ0v) is 13.8. The Balaban J connectivity index is 2.54. The monoisotopic (exact) mass is 353 g/mol. The first-order chi connectivity index (χ1) is 11.5. The van der Waals surface area contributed by atoms with Crippen LogP contribution in [-0.4, -0.2) is 32.8 Å². The molecule has 0 radical (unpaired) electrons. The molecule has 0 saturated heterocycles. The molecule has 5 N–H and O–H groups in total. The minimum atomic E-state index is -1.12. The van der Waals surface area contributed by atoms with Crippen molar-refractivity contribution < 1.29 is 14.6 Å². The summed E-state index contributed by atoms with van der Waals surface area (Å²) in [5.41, 5.74) is 7.18. The molecule has 0 aliphatic carbocycles. The van der Waals surface area contributed by atoms with Crippen LogP contribution in [0.3, 0.4) is 0 Å². The number of hydrogen-bond acceptors (Lipinski definition) is 4. The zero-order valence-electron chi connectivity index (χ0n) is 13.1. The molecule has 0 aliphatic heterocycles. The van der Waals surface area contributed by atoms with Gasteiger partial charge < -0.3 is 15.9 Å². The number of nitrogens with zero attached hydrogens (tertiary/aromatic N) is 3. The van der Waals surface area contributed by atoms with Crippen LogP contribution in [0.5, 0.6) is 0 Å². The van der Waals surface area contributed by atoms with Gasteiger partial charge in [0.15, 0.2) is 11.8 Å². The number of benzene rings is 1. The Morgan fingerprint density at radius 3 is 2.92 bits per heavy atom. The molecule has 128 valence electrons. The summed E-state index contributed by atoms with van der Waals surface area (Å²) in [6.45, 7) is 2.26. The first-order valence-electron chi connectivity index (χ1n) is 7.30. The second kappa shape index (κ2) is 8.05. The largest absolute Gasteiger partial charge is 0.442 e. The minimum absolute atomic E-state index is 0.142. The van der Waals surface area contributed by atoms with Gasteiger partial charge in [-0.05, 0) is 25.1 Å². The highest BCUT2D eigenvalue weighted by Crippen LogP contribution is 2.27. The summed E-state index contributed by atoms with van der Waals surface area (Å²) in [5, 5.41) is 22.5. The maximum absolute atomic E-state index is 13.4. The van der Waals surface area contributed by atoms with E-state index < -0.39 is 11.9 Å². The van der Waals surface area contributed by atoms with Gasteiger partial charge in [-0.3, -0.25) is 4.99 Å².